The van der Waals surface area contributed by atoms with Crippen LogP contribution in [0.25, 0.3) is 22.2 Å². The second-order valence-electron chi connectivity index (χ2n) is 5.77. The van der Waals surface area contributed by atoms with Crippen molar-refractivity contribution in [3.63, 3.8) is 0 Å². The van der Waals surface area contributed by atoms with E-state index < -0.39 is 5.78 Å². The number of carbonyl (C=O) groups excluding carboxylic acids is 1. The third-order valence-electron chi connectivity index (χ3n) is 3.92. The van der Waals surface area contributed by atoms with Gasteiger partial charge in [-0.25, -0.2) is 4.98 Å². The van der Waals surface area contributed by atoms with E-state index in [2.05, 4.69) is 15.0 Å². The van der Waals surface area contributed by atoms with Crippen molar-refractivity contribution in [1.82, 2.24) is 15.0 Å². The third kappa shape index (κ3) is 2.95. The van der Waals surface area contributed by atoms with Crippen LogP contribution in [0.4, 0.5) is 0 Å². The van der Waals surface area contributed by atoms with Crippen molar-refractivity contribution in [3.05, 3.63) is 78.4 Å². The fraction of sp³-hybridized carbons (Fsp3) is 0. The van der Waals surface area contributed by atoms with Gasteiger partial charge in [0.1, 0.15) is 17.2 Å². The molecule has 0 radical (unpaired) electrons. The summed E-state index contributed by atoms with van der Waals surface area (Å²) in [7, 11) is 0. The Balaban J connectivity index is 1.74. The molecule has 0 aliphatic rings. The minimum atomic E-state index is -0.445. The Bertz CT molecular complexity index is 1120. The molecule has 2 aromatic carbocycles. The molecule has 0 saturated carbocycles. The van der Waals surface area contributed by atoms with Crippen molar-refractivity contribution in [3.8, 4) is 22.8 Å². The summed E-state index contributed by atoms with van der Waals surface area (Å²) in [6, 6.07) is 13.3. The van der Waals surface area contributed by atoms with E-state index in [4.69, 9.17) is 0 Å². The van der Waals surface area contributed by atoms with Crippen LogP contribution in [0.2, 0.25) is 0 Å². The first kappa shape index (κ1) is 15.7. The fourth-order valence-electron chi connectivity index (χ4n) is 2.70. The van der Waals surface area contributed by atoms with Gasteiger partial charge in [0.05, 0.1) is 23.6 Å². The summed E-state index contributed by atoms with van der Waals surface area (Å²) in [5.74, 6) is -0.841. The molecule has 4 rings (SSSR count). The Morgan fingerprint density at radius 2 is 1.65 bits per heavy atom. The van der Waals surface area contributed by atoms with Crippen molar-refractivity contribution in [2.24, 2.45) is 0 Å². The number of ketones is 1. The molecule has 0 amide bonds. The van der Waals surface area contributed by atoms with Crippen LogP contribution in [-0.2, 0) is 0 Å². The largest absolute Gasteiger partial charge is 0.508 e. The number of phenols is 2. The van der Waals surface area contributed by atoms with Crippen molar-refractivity contribution in [2.75, 3.05) is 0 Å². The summed E-state index contributed by atoms with van der Waals surface area (Å²) < 4.78 is 0. The molecule has 0 aliphatic heterocycles. The second-order valence-corrected chi connectivity index (χ2v) is 5.77. The van der Waals surface area contributed by atoms with Crippen molar-refractivity contribution >= 4 is 16.7 Å². The number of nitrogens with zero attached hydrogens (tertiary/aromatic N) is 3. The second kappa shape index (κ2) is 6.25. The molecule has 0 atom stereocenters. The Kier molecular flexibility index (Phi) is 3.78. The third-order valence-corrected chi connectivity index (χ3v) is 3.92. The van der Waals surface area contributed by atoms with E-state index in [1.54, 1.807) is 12.4 Å². The molecular weight excluding hydrogens is 330 g/mol. The molecular formula is C20H13N3O3. The van der Waals surface area contributed by atoms with Crippen LogP contribution < -0.4 is 0 Å². The maximum atomic E-state index is 12.6. The number of pyridine rings is 1. The molecule has 6 nitrogen and oxygen atoms in total. The van der Waals surface area contributed by atoms with Crippen LogP contribution in [-0.4, -0.2) is 30.9 Å². The molecule has 0 spiro atoms. The molecule has 0 saturated heterocycles. The highest BCUT2D eigenvalue weighted by molar-refractivity contribution is 6.08. The number of para-hydroxylation sites is 1. The van der Waals surface area contributed by atoms with E-state index in [1.165, 1.54) is 18.3 Å². The van der Waals surface area contributed by atoms with Gasteiger partial charge in [-0.1, -0.05) is 18.2 Å². The topological polar surface area (TPSA) is 96.2 Å². The van der Waals surface area contributed by atoms with Gasteiger partial charge < -0.3 is 10.2 Å². The van der Waals surface area contributed by atoms with Crippen LogP contribution in [0.5, 0.6) is 11.5 Å². The van der Waals surface area contributed by atoms with Crippen LogP contribution in [0.1, 0.15) is 16.1 Å². The Morgan fingerprint density at radius 3 is 2.46 bits per heavy atom. The number of hydrogen-bond donors (Lipinski definition) is 2. The molecule has 0 aliphatic carbocycles. The highest BCUT2D eigenvalue weighted by Crippen LogP contribution is 2.24. The molecule has 2 aromatic heterocycles. The van der Waals surface area contributed by atoms with Crippen LogP contribution in [0.15, 0.2) is 67.1 Å². The fourth-order valence-corrected chi connectivity index (χ4v) is 2.70. The number of fused-ring (bicyclic) bond motifs is 1. The van der Waals surface area contributed by atoms with Gasteiger partial charge in [-0.05, 0) is 24.3 Å². The van der Waals surface area contributed by atoms with Gasteiger partial charge in [0.2, 0.25) is 5.78 Å². The monoisotopic (exact) mass is 343 g/mol. The predicted octanol–water partition coefficient (Wildman–Crippen LogP) is 3.33. The molecule has 0 fully saturated rings. The number of aromatic nitrogens is 3. The normalized spacial score (nSPS) is 10.8. The first-order chi connectivity index (χ1) is 12.6. The summed E-state index contributed by atoms with van der Waals surface area (Å²) in [4.78, 5) is 25.5. The number of phenolic OH excluding ortho intramolecular Hbond substituents is 2. The number of carbonyl (C=O) groups is 1. The zero-order valence-corrected chi connectivity index (χ0v) is 13.5. The standard InChI is InChI=1S/C20H13N3O3/c24-15-6-13(7-16(25)8-15)20(26)19-11-21-10-18(23-19)14-5-12-3-1-2-4-17(12)22-9-14/h1-11,24-25H. The Hall–Kier alpha value is -3.80. The summed E-state index contributed by atoms with van der Waals surface area (Å²) in [5.41, 5.74) is 2.36. The maximum absolute atomic E-state index is 12.6. The summed E-state index contributed by atoms with van der Waals surface area (Å²) >= 11 is 0. The average Bonchev–Trinajstić information content (AvgIpc) is 2.66. The lowest BCUT2D eigenvalue weighted by Crippen LogP contribution is -2.05. The molecule has 4 aromatic rings. The average molecular weight is 343 g/mol. The van der Waals surface area contributed by atoms with Crippen molar-refractivity contribution in [1.29, 1.82) is 0 Å². The van der Waals surface area contributed by atoms with Gasteiger partial charge >= 0.3 is 0 Å². The summed E-state index contributed by atoms with van der Waals surface area (Å²) in [6.07, 6.45) is 4.59. The van der Waals surface area contributed by atoms with E-state index in [1.807, 2.05) is 30.3 Å². The number of benzene rings is 2. The number of rotatable bonds is 3. The number of hydrogen-bond acceptors (Lipinski definition) is 6. The maximum Gasteiger partial charge on any atom is 0.213 e. The van der Waals surface area contributed by atoms with E-state index in [0.717, 1.165) is 22.5 Å². The van der Waals surface area contributed by atoms with Gasteiger partial charge in [0, 0.05) is 28.8 Å². The molecule has 2 heterocycles. The molecule has 126 valence electrons. The van der Waals surface area contributed by atoms with Gasteiger partial charge in [-0.15, -0.1) is 0 Å². The van der Waals surface area contributed by atoms with E-state index in [9.17, 15) is 15.0 Å². The Morgan fingerprint density at radius 1 is 0.885 bits per heavy atom. The van der Waals surface area contributed by atoms with E-state index in [-0.39, 0.29) is 22.8 Å². The zero-order valence-electron chi connectivity index (χ0n) is 13.5. The lowest BCUT2D eigenvalue weighted by molar-refractivity contribution is 0.103. The minimum Gasteiger partial charge on any atom is -0.508 e. The quantitative estimate of drug-likeness (QED) is 0.554. The smallest absolute Gasteiger partial charge is 0.213 e. The lowest BCUT2D eigenvalue weighted by atomic mass is 10.1. The van der Waals surface area contributed by atoms with Crippen LogP contribution in [0, 0.1) is 0 Å². The van der Waals surface area contributed by atoms with E-state index in [0.29, 0.717) is 5.69 Å². The molecule has 2 N–H and O–H groups in total. The highest BCUT2D eigenvalue weighted by Gasteiger charge is 2.14. The van der Waals surface area contributed by atoms with Gasteiger partial charge in [-0.3, -0.25) is 14.8 Å². The summed E-state index contributed by atoms with van der Waals surface area (Å²) in [5, 5.41) is 20.1. The van der Waals surface area contributed by atoms with Gasteiger partial charge in [-0.2, -0.15) is 0 Å². The zero-order chi connectivity index (χ0) is 18.1. The summed E-state index contributed by atoms with van der Waals surface area (Å²) in [6.45, 7) is 0. The predicted molar refractivity (Wildman–Crippen MR) is 96.0 cm³/mol. The highest BCUT2D eigenvalue weighted by atomic mass is 16.3. The van der Waals surface area contributed by atoms with Crippen LogP contribution in [0.3, 0.4) is 0 Å². The minimum absolute atomic E-state index is 0.112. The lowest BCUT2D eigenvalue weighted by Gasteiger charge is -2.06. The van der Waals surface area contributed by atoms with Crippen molar-refractivity contribution < 1.29 is 15.0 Å². The van der Waals surface area contributed by atoms with Gasteiger partial charge in [0.25, 0.3) is 0 Å². The van der Waals surface area contributed by atoms with Crippen molar-refractivity contribution in [2.45, 2.75) is 0 Å². The first-order valence-electron chi connectivity index (χ1n) is 7.85. The SMILES string of the molecule is O=C(c1cc(O)cc(O)c1)c1cncc(-c2cnc3ccccc3c2)n1. The van der Waals surface area contributed by atoms with E-state index >= 15 is 0 Å². The molecule has 6 heteroatoms. The molecule has 0 bridgehead atoms. The van der Waals surface area contributed by atoms with Crippen LogP contribution >= 0.6 is 0 Å². The molecule has 26 heavy (non-hydrogen) atoms. The molecule has 0 unspecified atom stereocenters. The first-order valence-corrected chi connectivity index (χ1v) is 7.85. The Labute approximate surface area is 148 Å². The van der Waals surface area contributed by atoms with Gasteiger partial charge in [0.15, 0.2) is 0 Å². The number of aromatic hydroxyl groups is 2.